The highest BCUT2D eigenvalue weighted by Crippen LogP contribution is 2.24. The van der Waals surface area contributed by atoms with Crippen molar-refractivity contribution in [2.45, 2.75) is 0 Å². The number of nitrogen functional groups attached to an aromatic ring is 4. The van der Waals surface area contributed by atoms with Crippen LogP contribution in [0.4, 0.5) is 34.1 Å². The SMILES string of the molecule is CN(c1ccc(N)cc1)c1ccc(N)cc1.Nc1ccc(C(=O)c2ccc(N)cc2)cc1. The zero-order valence-electron chi connectivity index (χ0n) is 17.9. The maximum atomic E-state index is 12.0. The first-order valence-corrected chi connectivity index (χ1v) is 10.0. The number of hydrogen-bond acceptors (Lipinski definition) is 6. The number of anilines is 6. The lowest BCUT2D eigenvalue weighted by atomic mass is 10.0. The van der Waals surface area contributed by atoms with E-state index < -0.39 is 0 Å². The number of benzene rings is 4. The summed E-state index contributed by atoms with van der Waals surface area (Å²) in [5.74, 6) is -0.0278. The molecule has 162 valence electrons. The van der Waals surface area contributed by atoms with Crippen LogP contribution in [0.15, 0.2) is 97.1 Å². The van der Waals surface area contributed by atoms with E-state index >= 15 is 0 Å². The normalized spacial score (nSPS) is 10.0. The second-order valence-electron chi connectivity index (χ2n) is 7.32. The van der Waals surface area contributed by atoms with E-state index in [1.54, 1.807) is 48.5 Å². The molecule has 0 unspecified atom stereocenters. The van der Waals surface area contributed by atoms with Gasteiger partial charge in [-0.2, -0.15) is 0 Å². The van der Waals surface area contributed by atoms with Gasteiger partial charge in [-0.1, -0.05) is 0 Å². The molecular weight excluding hydrogens is 398 g/mol. The quantitative estimate of drug-likeness (QED) is 0.277. The van der Waals surface area contributed by atoms with Crippen LogP contribution in [0.3, 0.4) is 0 Å². The highest BCUT2D eigenvalue weighted by atomic mass is 16.1. The largest absolute Gasteiger partial charge is 0.399 e. The number of ketones is 1. The molecule has 8 N–H and O–H groups in total. The van der Waals surface area contributed by atoms with Gasteiger partial charge in [-0.05, 0) is 97.1 Å². The molecule has 0 aliphatic heterocycles. The molecule has 0 bridgehead atoms. The van der Waals surface area contributed by atoms with Gasteiger partial charge in [0.15, 0.2) is 5.78 Å². The van der Waals surface area contributed by atoms with E-state index in [1.807, 2.05) is 55.6 Å². The third-order valence-electron chi connectivity index (χ3n) is 4.91. The van der Waals surface area contributed by atoms with Crippen LogP contribution in [-0.2, 0) is 0 Å². The van der Waals surface area contributed by atoms with Gasteiger partial charge in [0, 0.05) is 52.3 Å². The molecule has 6 heteroatoms. The van der Waals surface area contributed by atoms with Crippen molar-refractivity contribution < 1.29 is 4.79 Å². The van der Waals surface area contributed by atoms with Crippen molar-refractivity contribution in [3.8, 4) is 0 Å². The van der Waals surface area contributed by atoms with Gasteiger partial charge in [0.25, 0.3) is 0 Å². The Labute approximate surface area is 188 Å². The summed E-state index contributed by atoms with van der Waals surface area (Å²) in [6.45, 7) is 0. The fourth-order valence-corrected chi connectivity index (χ4v) is 2.98. The molecule has 0 heterocycles. The third-order valence-corrected chi connectivity index (χ3v) is 4.91. The van der Waals surface area contributed by atoms with E-state index in [0.29, 0.717) is 22.5 Å². The molecule has 0 fully saturated rings. The molecule has 4 aromatic carbocycles. The minimum atomic E-state index is -0.0278. The van der Waals surface area contributed by atoms with Crippen molar-refractivity contribution in [3.63, 3.8) is 0 Å². The zero-order valence-corrected chi connectivity index (χ0v) is 17.9. The monoisotopic (exact) mass is 425 g/mol. The van der Waals surface area contributed by atoms with Crippen molar-refractivity contribution in [1.29, 1.82) is 0 Å². The van der Waals surface area contributed by atoms with Crippen LogP contribution >= 0.6 is 0 Å². The fraction of sp³-hybridized carbons (Fsp3) is 0.0385. The second-order valence-corrected chi connectivity index (χ2v) is 7.32. The summed E-state index contributed by atoms with van der Waals surface area (Å²) < 4.78 is 0. The number of carbonyl (C=O) groups is 1. The minimum Gasteiger partial charge on any atom is -0.399 e. The fourth-order valence-electron chi connectivity index (χ4n) is 2.98. The Bertz CT molecular complexity index is 1060. The summed E-state index contributed by atoms with van der Waals surface area (Å²) in [6.07, 6.45) is 0. The van der Waals surface area contributed by atoms with Gasteiger partial charge in [-0.3, -0.25) is 4.79 Å². The average Bonchev–Trinajstić information content (AvgIpc) is 2.81. The molecule has 0 atom stereocenters. The van der Waals surface area contributed by atoms with Gasteiger partial charge < -0.3 is 27.8 Å². The molecule has 0 amide bonds. The molecule has 4 aromatic rings. The predicted octanol–water partition coefficient (Wildman–Crippen LogP) is 4.70. The van der Waals surface area contributed by atoms with E-state index in [0.717, 1.165) is 22.7 Å². The number of nitrogens with zero attached hydrogens (tertiary/aromatic N) is 1. The van der Waals surface area contributed by atoms with Crippen LogP contribution in [0.5, 0.6) is 0 Å². The lowest BCUT2D eigenvalue weighted by Crippen LogP contribution is -2.09. The molecule has 0 aliphatic rings. The highest BCUT2D eigenvalue weighted by Gasteiger charge is 2.08. The van der Waals surface area contributed by atoms with Crippen molar-refractivity contribution in [3.05, 3.63) is 108 Å². The molecular formula is C26H27N5O. The van der Waals surface area contributed by atoms with Crippen LogP contribution in [0.25, 0.3) is 0 Å². The van der Waals surface area contributed by atoms with E-state index in [-0.39, 0.29) is 5.78 Å². The van der Waals surface area contributed by atoms with E-state index in [2.05, 4.69) is 4.90 Å². The molecule has 0 aliphatic carbocycles. The maximum Gasteiger partial charge on any atom is 0.193 e. The van der Waals surface area contributed by atoms with Gasteiger partial charge >= 0.3 is 0 Å². The topological polar surface area (TPSA) is 124 Å². The van der Waals surface area contributed by atoms with Crippen molar-refractivity contribution in [2.24, 2.45) is 0 Å². The Morgan fingerprint density at radius 1 is 0.500 bits per heavy atom. The summed E-state index contributed by atoms with van der Waals surface area (Å²) >= 11 is 0. The van der Waals surface area contributed by atoms with Gasteiger partial charge in [0.1, 0.15) is 0 Å². The maximum absolute atomic E-state index is 12.0. The first kappa shape index (κ1) is 22.2. The van der Waals surface area contributed by atoms with E-state index in [4.69, 9.17) is 22.9 Å². The zero-order chi connectivity index (χ0) is 23.1. The number of carbonyl (C=O) groups excluding carboxylic acids is 1. The third kappa shape index (κ3) is 5.79. The second kappa shape index (κ2) is 10.0. The van der Waals surface area contributed by atoms with Crippen molar-refractivity contribution >= 4 is 39.9 Å². The Morgan fingerprint density at radius 2 is 0.750 bits per heavy atom. The molecule has 32 heavy (non-hydrogen) atoms. The summed E-state index contributed by atoms with van der Waals surface area (Å²) in [7, 11) is 2.01. The van der Waals surface area contributed by atoms with Gasteiger partial charge in [-0.25, -0.2) is 0 Å². The Kier molecular flexibility index (Phi) is 6.98. The predicted molar refractivity (Wildman–Crippen MR) is 135 cm³/mol. The molecule has 0 saturated carbocycles. The van der Waals surface area contributed by atoms with Crippen LogP contribution in [-0.4, -0.2) is 12.8 Å². The molecule has 0 saturated heterocycles. The van der Waals surface area contributed by atoms with Gasteiger partial charge in [0.2, 0.25) is 0 Å². The van der Waals surface area contributed by atoms with E-state index in [9.17, 15) is 4.79 Å². The molecule has 0 radical (unpaired) electrons. The van der Waals surface area contributed by atoms with Crippen LogP contribution in [0, 0.1) is 0 Å². The summed E-state index contributed by atoms with van der Waals surface area (Å²) in [5.41, 5.74) is 28.7. The van der Waals surface area contributed by atoms with Crippen molar-refractivity contribution in [2.75, 3.05) is 34.9 Å². The lowest BCUT2D eigenvalue weighted by molar-refractivity contribution is 0.103. The molecule has 4 rings (SSSR count). The minimum absolute atomic E-state index is 0.0278. The first-order chi connectivity index (χ1) is 15.3. The smallest absolute Gasteiger partial charge is 0.193 e. The number of nitrogens with two attached hydrogens (primary N) is 4. The van der Waals surface area contributed by atoms with Gasteiger partial charge in [-0.15, -0.1) is 0 Å². The van der Waals surface area contributed by atoms with Crippen molar-refractivity contribution in [1.82, 2.24) is 0 Å². The summed E-state index contributed by atoms with van der Waals surface area (Å²) in [4.78, 5) is 14.1. The highest BCUT2D eigenvalue weighted by molar-refractivity contribution is 6.09. The standard InChI is InChI=1S/C13H15N3.C13H12N2O/c1-16(12-6-2-10(14)3-7-12)13-8-4-11(15)5-9-13;14-11-5-1-9(2-6-11)13(16)10-3-7-12(15)8-4-10/h2-9H,14-15H2,1H3;1-8H,14-15H2. The van der Waals surface area contributed by atoms with Crippen LogP contribution < -0.4 is 27.8 Å². The summed E-state index contributed by atoms with van der Waals surface area (Å²) in [6, 6.07) is 29.3. The number of rotatable bonds is 4. The average molecular weight is 426 g/mol. The molecule has 0 spiro atoms. The van der Waals surface area contributed by atoms with E-state index in [1.165, 1.54) is 0 Å². The Morgan fingerprint density at radius 3 is 1.03 bits per heavy atom. The molecule has 6 nitrogen and oxygen atoms in total. The Balaban J connectivity index is 0.000000181. The summed E-state index contributed by atoms with van der Waals surface area (Å²) in [5, 5.41) is 0. The number of hydrogen-bond donors (Lipinski definition) is 4. The van der Waals surface area contributed by atoms with Crippen LogP contribution in [0.2, 0.25) is 0 Å². The van der Waals surface area contributed by atoms with Gasteiger partial charge in [0.05, 0.1) is 0 Å². The van der Waals surface area contributed by atoms with Crippen LogP contribution in [0.1, 0.15) is 15.9 Å². The molecule has 0 aromatic heterocycles. The lowest BCUT2D eigenvalue weighted by Gasteiger charge is -2.19. The Hall–Kier alpha value is -4.45. The first-order valence-electron chi connectivity index (χ1n) is 10.0.